The molecule has 1 saturated heterocycles. The lowest BCUT2D eigenvalue weighted by atomic mass is 10.2. The summed E-state index contributed by atoms with van der Waals surface area (Å²) in [6.07, 6.45) is 2.65. The van der Waals surface area contributed by atoms with Gasteiger partial charge in [-0.05, 0) is 25.1 Å². The molecule has 0 spiro atoms. The van der Waals surface area contributed by atoms with E-state index in [4.69, 9.17) is 5.73 Å². The molecule has 0 amide bonds. The van der Waals surface area contributed by atoms with E-state index in [0.717, 1.165) is 38.4 Å². The van der Waals surface area contributed by atoms with Crippen molar-refractivity contribution in [3.63, 3.8) is 0 Å². The van der Waals surface area contributed by atoms with E-state index in [1.54, 1.807) is 18.3 Å². The van der Waals surface area contributed by atoms with Gasteiger partial charge in [0.05, 0.1) is 5.56 Å². The lowest BCUT2D eigenvalue weighted by Crippen LogP contribution is -2.28. The number of nitrogens with two attached hydrogens (primary N) is 1. The second kappa shape index (κ2) is 6.19. The van der Waals surface area contributed by atoms with Gasteiger partial charge in [0.25, 0.3) is 0 Å². The number of hydrogen-bond donors (Lipinski definition) is 2. The van der Waals surface area contributed by atoms with Crippen LogP contribution in [0, 0.1) is 0 Å². The first-order valence-electron chi connectivity index (χ1n) is 6.92. The minimum atomic E-state index is -0.162. The molecule has 2 aromatic rings. The molecule has 6 nitrogen and oxygen atoms in total. The number of aromatic nitrogens is 2. The Bertz CT molecular complexity index is 634. The zero-order chi connectivity index (χ0) is 14.7. The lowest BCUT2D eigenvalue weighted by molar-refractivity contribution is 0.103. The molecular weight excluding hydrogens is 286 g/mol. The number of carbonyl (C=O) groups is 1. The molecule has 110 valence electrons. The van der Waals surface area contributed by atoms with Crippen molar-refractivity contribution < 1.29 is 4.79 Å². The summed E-state index contributed by atoms with van der Waals surface area (Å²) in [4.78, 5) is 23.1. The van der Waals surface area contributed by atoms with E-state index in [1.165, 1.54) is 11.3 Å². The van der Waals surface area contributed by atoms with Crippen LogP contribution in [0.5, 0.6) is 0 Å². The summed E-state index contributed by atoms with van der Waals surface area (Å²) in [6.45, 7) is 3.83. The van der Waals surface area contributed by atoms with Crippen LogP contribution in [-0.4, -0.2) is 41.9 Å². The van der Waals surface area contributed by atoms with Gasteiger partial charge >= 0.3 is 0 Å². The van der Waals surface area contributed by atoms with Gasteiger partial charge in [-0.2, -0.15) is 0 Å². The fraction of sp³-hybridized carbons (Fsp3) is 0.357. The number of carbonyl (C=O) groups excluding carboxylic acids is 1. The Morgan fingerprint density at radius 3 is 3.14 bits per heavy atom. The summed E-state index contributed by atoms with van der Waals surface area (Å²) in [5.74, 6) is 0.956. The number of anilines is 2. The summed E-state index contributed by atoms with van der Waals surface area (Å²) in [5.41, 5.74) is 6.17. The molecule has 3 N–H and O–H groups in total. The SMILES string of the molecule is Nc1ncccc1C(=O)c1nc(N2CCCNCC2)cs1. The number of thiazole rings is 1. The molecular formula is C14H17N5OS. The molecule has 0 aromatic carbocycles. The molecule has 0 bridgehead atoms. The molecule has 3 rings (SSSR count). The number of nitrogens with one attached hydrogen (secondary N) is 1. The van der Waals surface area contributed by atoms with Crippen molar-refractivity contribution in [3.05, 3.63) is 34.3 Å². The van der Waals surface area contributed by atoms with Gasteiger partial charge in [-0.25, -0.2) is 9.97 Å². The molecule has 0 saturated carbocycles. The van der Waals surface area contributed by atoms with Crippen LogP contribution < -0.4 is 16.0 Å². The van der Waals surface area contributed by atoms with Crippen molar-refractivity contribution in [1.82, 2.24) is 15.3 Å². The molecule has 2 aromatic heterocycles. The third-order valence-electron chi connectivity index (χ3n) is 3.43. The minimum absolute atomic E-state index is 0.162. The van der Waals surface area contributed by atoms with Gasteiger partial charge in [0.15, 0.2) is 5.01 Å². The zero-order valence-corrected chi connectivity index (χ0v) is 12.4. The first kappa shape index (κ1) is 14.0. The quantitative estimate of drug-likeness (QED) is 0.828. The molecule has 1 aliphatic heterocycles. The second-order valence-electron chi connectivity index (χ2n) is 4.87. The first-order chi connectivity index (χ1) is 10.3. The molecule has 1 aliphatic rings. The largest absolute Gasteiger partial charge is 0.383 e. The lowest BCUT2D eigenvalue weighted by Gasteiger charge is -2.18. The number of hydrogen-bond acceptors (Lipinski definition) is 7. The zero-order valence-electron chi connectivity index (χ0n) is 11.6. The predicted molar refractivity (Wildman–Crippen MR) is 83.9 cm³/mol. The van der Waals surface area contributed by atoms with Gasteiger partial charge < -0.3 is 16.0 Å². The van der Waals surface area contributed by atoms with E-state index in [9.17, 15) is 4.79 Å². The minimum Gasteiger partial charge on any atom is -0.383 e. The molecule has 0 aliphatic carbocycles. The standard InChI is InChI=1S/C14H17N5OS/c15-13-10(3-1-5-17-13)12(20)14-18-11(9-21-14)19-7-2-4-16-6-8-19/h1,3,5,9,16H,2,4,6-8H2,(H2,15,17). The number of nitrogens with zero attached hydrogens (tertiary/aromatic N) is 3. The van der Waals surface area contributed by atoms with E-state index in [0.29, 0.717) is 10.6 Å². The van der Waals surface area contributed by atoms with Crippen LogP contribution in [0.1, 0.15) is 21.8 Å². The number of rotatable bonds is 3. The normalized spacial score (nSPS) is 15.7. The fourth-order valence-corrected chi connectivity index (χ4v) is 3.10. The van der Waals surface area contributed by atoms with Crippen LogP contribution >= 0.6 is 11.3 Å². The van der Waals surface area contributed by atoms with Crippen LogP contribution in [0.25, 0.3) is 0 Å². The molecule has 0 unspecified atom stereocenters. The van der Waals surface area contributed by atoms with Gasteiger partial charge in [0.2, 0.25) is 5.78 Å². The molecule has 1 fully saturated rings. The van der Waals surface area contributed by atoms with Crippen molar-refractivity contribution in [2.45, 2.75) is 6.42 Å². The van der Waals surface area contributed by atoms with Crippen molar-refractivity contribution in [1.29, 1.82) is 0 Å². The van der Waals surface area contributed by atoms with Crippen molar-refractivity contribution in [2.75, 3.05) is 36.8 Å². The smallest absolute Gasteiger partial charge is 0.225 e. The van der Waals surface area contributed by atoms with Crippen LogP contribution in [0.4, 0.5) is 11.6 Å². The molecule has 0 atom stereocenters. The molecule has 21 heavy (non-hydrogen) atoms. The topological polar surface area (TPSA) is 84.1 Å². The summed E-state index contributed by atoms with van der Waals surface area (Å²) < 4.78 is 0. The van der Waals surface area contributed by atoms with Gasteiger partial charge in [-0.3, -0.25) is 4.79 Å². The second-order valence-corrected chi connectivity index (χ2v) is 5.72. The maximum Gasteiger partial charge on any atom is 0.225 e. The maximum atomic E-state index is 12.4. The van der Waals surface area contributed by atoms with E-state index < -0.39 is 0 Å². The van der Waals surface area contributed by atoms with Crippen molar-refractivity contribution in [3.8, 4) is 0 Å². The Kier molecular flexibility index (Phi) is 4.12. The third-order valence-corrected chi connectivity index (χ3v) is 4.26. The average molecular weight is 303 g/mol. The Hall–Kier alpha value is -1.99. The van der Waals surface area contributed by atoms with Crippen LogP contribution in [0.15, 0.2) is 23.7 Å². The van der Waals surface area contributed by atoms with E-state index in [-0.39, 0.29) is 11.6 Å². The van der Waals surface area contributed by atoms with Crippen molar-refractivity contribution in [2.24, 2.45) is 0 Å². The summed E-state index contributed by atoms with van der Waals surface area (Å²) in [6, 6.07) is 3.39. The highest BCUT2D eigenvalue weighted by Gasteiger charge is 2.19. The monoisotopic (exact) mass is 303 g/mol. The summed E-state index contributed by atoms with van der Waals surface area (Å²) in [5, 5.41) is 5.75. The highest BCUT2D eigenvalue weighted by molar-refractivity contribution is 7.12. The molecule has 0 radical (unpaired) electrons. The van der Waals surface area contributed by atoms with Gasteiger partial charge in [0.1, 0.15) is 11.6 Å². The first-order valence-corrected chi connectivity index (χ1v) is 7.80. The van der Waals surface area contributed by atoms with Crippen molar-refractivity contribution >= 4 is 28.8 Å². The highest BCUT2D eigenvalue weighted by Crippen LogP contribution is 2.23. The highest BCUT2D eigenvalue weighted by atomic mass is 32.1. The number of nitrogen functional groups attached to an aromatic ring is 1. The molecule has 7 heteroatoms. The van der Waals surface area contributed by atoms with E-state index in [1.807, 2.05) is 5.38 Å². The fourth-order valence-electron chi connectivity index (χ4n) is 2.31. The summed E-state index contributed by atoms with van der Waals surface area (Å²) >= 11 is 1.36. The summed E-state index contributed by atoms with van der Waals surface area (Å²) in [7, 11) is 0. The Morgan fingerprint density at radius 2 is 2.29 bits per heavy atom. The van der Waals surface area contributed by atoms with Gasteiger partial charge in [0, 0.05) is 31.2 Å². The maximum absolute atomic E-state index is 12.4. The third kappa shape index (κ3) is 3.03. The van der Waals surface area contributed by atoms with Gasteiger partial charge in [-0.15, -0.1) is 11.3 Å². The van der Waals surface area contributed by atoms with Crippen LogP contribution in [-0.2, 0) is 0 Å². The van der Waals surface area contributed by atoms with Gasteiger partial charge in [-0.1, -0.05) is 0 Å². The van der Waals surface area contributed by atoms with E-state index >= 15 is 0 Å². The number of ketones is 1. The van der Waals surface area contributed by atoms with Crippen LogP contribution in [0.3, 0.4) is 0 Å². The predicted octanol–water partition coefficient (Wildman–Crippen LogP) is 1.15. The Morgan fingerprint density at radius 1 is 1.38 bits per heavy atom. The Balaban J connectivity index is 1.81. The Labute approximate surface area is 127 Å². The van der Waals surface area contributed by atoms with Crippen LogP contribution in [0.2, 0.25) is 0 Å². The molecule has 3 heterocycles. The van der Waals surface area contributed by atoms with E-state index in [2.05, 4.69) is 20.2 Å². The number of pyridine rings is 1. The average Bonchev–Trinajstić information content (AvgIpc) is 2.83.